The van der Waals surface area contributed by atoms with E-state index in [2.05, 4.69) is 31.4 Å². The van der Waals surface area contributed by atoms with Crippen molar-refractivity contribution in [3.05, 3.63) is 59.8 Å². The second-order valence-corrected chi connectivity index (χ2v) is 7.06. The number of aliphatic hydroxyl groups excluding tert-OH is 1. The summed E-state index contributed by atoms with van der Waals surface area (Å²) in [5, 5.41) is 16.4. The van der Waals surface area contributed by atoms with E-state index in [4.69, 9.17) is 9.97 Å². The van der Waals surface area contributed by atoms with Crippen molar-refractivity contribution in [1.82, 2.24) is 15.3 Å². The van der Waals surface area contributed by atoms with Gasteiger partial charge in [-0.3, -0.25) is 5.32 Å². The number of anilines is 2. The largest absolute Gasteiger partial charge is 0.374 e. The molecule has 3 aromatic rings. The lowest BCUT2D eigenvalue weighted by atomic mass is 9.91. The molecule has 0 spiro atoms. The third-order valence-electron chi connectivity index (χ3n) is 4.06. The molecule has 3 rings (SSSR count). The maximum Gasteiger partial charge on any atom is 0.153 e. The molecule has 1 aromatic heterocycles. The molecule has 2 aromatic carbocycles. The summed E-state index contributed by atoms with van der Waals surface area (Å²) in [6.45, 7) is 6.35. The number of fused-ring (bicyclic) bond motifs is 1. The second-order valence-electron chi connectivity index (χ2n) is 7.06. The first-order valence-corrected chi connectivity index (χ1v) is 8.38. The van der Waals surface area contributed by atoms with Gasteiger partial charge in [0.15, 0.2) is 5.82 Å². The normalized spacial score (nSPS) is 13.0. The minimum atomic E-state index is -0.754. The molecule has 0 aliphatic carbocycles. The van der Waals surface area contributed by atoms with Gasteiger partial charge in [0.05, 0.1) is 16.7 Å². The number of aromatic nitrogens is 2. The fraction of sp³-hybridized carbons (Fsp3) is 0.300. The zero-order valence-electron chi connectivity index (χ0n) is 15.0. The summed E-state index contributed by atoms with van der Waals surface area (Å²) in [5.74, 6) is 0.710. The quantitative estimate of drug-likeness (QED) is 0.631. The van der Waals surface area contributed by atoms with Crippen LogP contribution in [0.25, 0.3) is 11.0 Å². The van der Waals surface area contributed by atoms with Crippen LogP contribution >= 0.6 is 0 Å². The van der Waals surface area contributed by atoms with Crippen molar-refractivity contribution in [3.8, 4) is 0 Å². The van der Waals surface area contributed by atoms with Crippen molar-refractivity contribution < 1.29 is 5.11 Å². The fourth-order valence-corrected chi connectivity index (χ4v) is 2.74. The van der Waals surface area contributed by atoms with Crippen molar-refractivity contribution in [2.45, 2.75) is 32.4 Å². The van der Waals surface area contributed by atoms with E-state index in [9.17, 15) is 5.11 Å². The number of para-hydroxylation sites is 3. The van der Waals surface area contributed by atoms with Crippen molar-refractivity contribution in [3.63, 3.8) is 0 Å². The van der Waals surface area contributed by atoms with Gasteiger partial charge in [0.25, 0.3) is 0 Å². The summed E-state index contributed by atoms with van der Waals surface area (Å²) in [6.07, 6.45) is -0.754. The lowest BCUT2D eigenvalue weighted by Gasteiger charge is -2.23. The van der Waals surface area contributed by atoms with Gasteiger partial charge in [0, 0.05) is 16.7 Å². The minimum absolute atomic E-state index is 0.171. The Balaban J connectivity index is 2.13. The zero-order chi connectivity index (χ0) is 18.0. The van der Waals surface area contributed by atoms with E-state index in [0.29, 0.717) is 5.82 Å². The number of hydrogen-bond donors (Lipinski definition) is 3. The Hall–Kier alpha value is -2.50. The van der Waals surface area contributed by atoms with Gasteiger partial charge in [0.2, 0.25) is 0 Å². The SMILES string of the molecule is CNC(O)c1ccccc1Nc1nc2ccccc2nc1C(C)(C)C. The van der Waals surface area contributed by atoms with E-state index < -0.39 is 6.23 Å². The molecule has 1 atom stereocenters. The summed E-state index contributed by atoms with van der Waals surface area (Å²) in [7, 11) is 1.72. The smallest absolute Gasteiger partial charge is 0.153 e. The molecule has 0 aliphatic rings. The monoisotopic (exact) mass is 336 g/mol. The Kier molecular flexibility index (Phi) is 4.70. The van der Waals surface area contributed by atoms with Gasteiger partial charge < -0.3 is 10.4 Å². The highest BCUT2D eigenvalue weighted by molar-refractivity contribution is 5.78. The van der Waals surface area contributed by atoms with Crippen LogP contribution in [0.5, 0.6) is 0 Å². The highest BCUT2D eigenvalue weighted by Gasteiger charge is 2.23. The second kappa shape index (κ2) is 6.78. The zero-order valence-corrected chi connectivity index (χ0v) is 15.0. The van der Waals surface area contributed by atoms with Crippen LogP contribution in [0.2, 0.25) is 0 Å². The van der Waals surface area contributed by atoms with Crippen molar-refractivity contribution >= 4 is 22.5 Å². The molecule has 0 saturated heterocycles. The van der Waals surface area contributed by atoms with Crippen LogP contribution in [0, 0.1) is 0 Å². The van der Waals surface area contributed by atoms with Crippen LogP contribution < -0.4 is 10.6 Å². The molecule has 0 amide bonds. The maximum absolute atomic E-state index is 10.2. The van der Waals surface area contributed by atoms with E-state index in [1.807, 2.05) is 48.5 Å². The number of hydrogen-bond acceptors (Lipinski definition) is 5. The molecular formula is C20H24N4O. The third-order valence-corrected chi connectivity index (χ3v) is 4.06. The molecule has 130 valence electrons. The van der Waals surface area contributed by atoms with Crippen LogP contribution in [-0.2, 0) is 5.41 Å². The molecule has 0 radical (unpaired) electrons. The number of aliphatic hydroxyl groups is 1. The molecular weight excluding hydrogens is 312 g/mol. The maximum atomic E-state index is 10.2. The molecule has 0 saturated carbocycles. The summed E-state index contributed by atoms with van der Waals surface area (Å²) < 4.78 is 0. The van der Waals surface area contributed by atoms with Gasteiger partial charge in [-0.05, 0) is 25.2 Å². The first-order valence-electron chi connectivity index (χ1n) is 8.38. The highest BCUT2D eigenvalue weighted by Crippen LogP contribution is 2.32. The topological polar surface area (TPSA) is 70.1 Å². The summed E-state index contributed by atoms with van der Waals surface area (Å²) >= 11 is 0. The van der Waals surface area contributed by atoms with E-state index in [1.54, 1.807) is 7.05 Å². The Morgan fingerprint density at radius 1 is 0.920 bits per heavy atom. The van der Waals surface area contributed by atoms with Crippen LogP contribution in [0.15, 0.2) is 48.5 Å². The molecule has 1 unspecified atom stereocenters. The van der Waals surface area contributed by atoms with Crippen LogP contribution in [-0.4, -0.2) is 22.1 Å². The van der Waals surface area contributed by atoms with E-state index in [-0.39, 0.29) is 5.41 Å². The minimum Gasteiger partial charge on any atom is -0.374 e. The molecule has 5 nitrogen and oxygen atoms in total. The summed E-state index contributed by atoms with van der Waals surface area (Å²) in [6, 6.07) is 15.5. The third kappa shape index (κ3) is 3.62. The predicted molar refractivity (Wildman–Crippen MR) is 102 cm³/mol. The van der Waals surface area contributed by atoms with Crippen molar-refractivity contribution in [1.29, 1.82) is 0 Å². The van der Waals surface area contributed by atoms with Crippen molar-refractivity contribution in [2.75, 3.05) is 12.4 Å². The van der Waals surface area contributed by atoms with Gasteiger partial charge in [-0.1, -0.05) is 51.1 Å². The predicted octanol–water partition coefficient (Wildman–Crippen LogP) is 3.88. The van der Waals surface area contributed by atoms with Gasteiger partial charge in [0.1, 0.15) is 6.23 Å². The molecule has 0 aliphatic heterocycles. The van der Waals surface area contributed by atoms with E-state index >= 15 is 0 Å². The lowest BCUT2D eigenvalue weighted by molar-refractivity contribution is 0.150. The van der Waals surface area contributed by atoms with Crippen LogP contribution in [0.1, 0.15) is 38.3 Å². The molecule has 5 heteroatoms. The fourth-order valence-electron chi connectivity index (χ4n) is 2.74. The van der Waals surface area contributed by atoms with E-state index in [0.717, 1.165) is 28.0 Å². The highest BCUT2D eigenvalue weighted by atomic mass is 16.3. The molecule has 0 fully saturated rings. The van der Waals surface area contributed by atoms with Gasteiger partial charge >= 0.3 is 0 Å². The first kappa shape index (κ1) is 17.3. The molecule has 1 heterocycles. The lowest BCUT2D eigenvalue weighted by Crippen LogP contribution is -2.19. The first-order chi connectivity index (χ1) is 11.9. The average Bonchev–Trinajstić information content (AvgIpc) is 2.60. The van der Waals surface area contributed by atoms with Crippen LogP contribution in [0.3, 0.4) is 0 Å². The number of benzene rings is 2. The number of nitrogens with one attached hydrogen (secondary N) is 2. The number of rotatable bonds is 4. The van der Waals surface area contributed by atoms with Gasteiger partial charge in [-0.25, -0.2) is 9.97 Å². The van der Waals surface area contributed by atoms with E-state index in [1.165, 1.54) is 0 Å². The summed E-state index contributed by atoms with van der Waals surface area (Å²) in [4.78, 5) is 9.62. The summed E-state index contributed by atoms with van der Waals surface area (Å²) in [5.41, 5.74) is 4.00. The van der Waals surface area contributed by atoms with Gasteiger partial charge in [-0.2, -0.15) is 0 Å². The Morgan fingerprint density at radius 2 is 1.52 bits per heavy atom. The Morgan fingerprint density at radius 3 is 2.16 bits per heavy atom. The van der Waals surface area contributed by atoms with Crippen molar-refractivity contribution in [2.24, 2.45) is 0 Å². The Bertz CT molecular complexity index is 886. The van der Waals surface area contributed by atoms with Gasteiger partial charge in [-0.15, -0.1) is 0 Å². The number of nitrogens with zero attached hydrogens (tertiary/aromatic N) is 2. The molecule has 0 bridgehead atoms. The van der Waals surface area contributed by atoms with Crippen LogP contribution in [0.4, 0.5) is 11.5 Å². The Labute approximate surface area is 148 Å². The standard InChI is InChI=1S/C20H24N4O/c1-20(2,3)17-18(24-16-12-8-7-11-15(16)22-17)23-14-10-6-5-9-13(14)19(25)21-4/h5-12,19,21,25H,1-4H3,(H,23,24). The molecule has 3 N–H and O–H groups in total. The molecule has 25 heavy (non-hydrogen) atoms. The average molecular weight is 336 g/mol.